The van der Waals surface area contributed by atoms with Crippen molar-refractivity contribution < 1.29 is 0 Å². The van der Waals surface area contributed by atoms with Gasteiger partial charge in [0.15, 0.2) is 0 Å². The molecule has 122 valence electrons. The molecule has 0 nitrogen and oxygen atoms in total. The largest absolute Gasteiger partial charge is 0.0955 e. The Balaban J connectivity index is 2.74. The van der Waals surface area contributed by atoms with E-state index in [9.17, 15) is 0 Å². The van der Waals surface area contributed by atoms with Crippen molar-refractivity contribution in [2.45, 2.75) is 27.7 Å². The maximum absolute atomic E-state index is 4.13. The first-order chi connectivity index (χ1) is 11.5. The van der Waals surface area contributed by atoms with Gasteiger partial charge in [-0.05, 0) is 72.7 Å². The van der Waals surface area contributed by atoms with E-state index < -0.39 is 0 Å². The monoisotopic (exact) mass is 314 g/mol. The molecule has 0 heteroatoms. The van der Waals surface area contributed by atoms with Crippen LogP contribution in [0.1, 0.15) is 30.5 Å². The van der Waals surface area contributed by atoms with Crippen LogP contribution in [-0.4, -0.2) is 0 Å². The molecule has 0 unspecified atom stereocenters. The van der Waals surface area contributed by atoms with E-state index in [1.165, 1.54) is 27.8 Å². The Morgan fingerprint density at radius 3 is 2.21 bits per heavy atom. The van der Waals surface area contributed by atoms with Crippen molar-refractivity contribution in [3.63, 3.8) is 0 Å². The van der Waals surface area contributed by atoms with Gasteiger partial charge in [-0.3, -0.25) is 0 Å². The predicted octanol–water partition coefficient (Wildman–Crippen LogP) is 7.06. The lowest BCUT2D eigenvalue weighted by atomic mass is 9.88. The zero-order chi connectivity index (χ0) is 17.7. The van der Waals surface area contributed by atoms with Crippen molar-refractivity contribution in [3.8, 4) is 11.1 Å². The Hall–Kier alpha value is -2.60. The zero-order valence-electron chi connectivity index (χ0n) is 15.2. The average Bonchev–Trinajstić information content (AvgIpc) is 2.55. The van der Waals surface area contributed by atoms with Gasteiger partial charge in [-0.25, -0.2) is 0 Å². The zero-order valence-corrected chi connectivity index (χ0v) is 15.2. The fraction of sp³-hybridized carbons (Fsp3) is 0.167. The molecule has 0 fully saturated rings. The molecule has 0 N–H and O–H groups in total. The van der Waals surface area contributed by atoms with Gasteiger partial charge < -0.3 is 0 Å². The molecule has 2 aromatic carbocycles. The molecule has 2 aromatic rings. The molecule has 0 radical (unpaired) electrons. The van der Waals surface area contributed by atoms with Gasteiger partial charge in [0.25, 0.3) is 0 Å². The molecule has 0 aromatic heterocycles. The predicted molar refractivity (Wildman–Crippen MR) is 108 cm³/mol. The Labute approximate surface area is 146 Å². The third kappa shape index (κ3) is 3.83. The molecular weight excluding hydrogens is 288 g/mol. The van der Waals surface area contributed by atoms with Crippen molar-refractivity contribution in [3.05, 3.63) is 102 Å². The number of rotatable bonds is 5. The summed E-state index contributed by atoms with van der Waals surface area (Å²) in [5, 5.41) is 0. The average molecular weight is 314 g/mol. The molecule has 0 saturated carbocycles. The highest BCUT2D eigenvalue weighted by Crippen LogP contribution is 2.35. The van der Waals surface area contributed by atoms with Gasteiger partial charge in [0.2, 0.25) is 0 Å². The highest BCUT2D eigenvalue weighted by atomic mass is 14.2. The third-order valence-corrected chi connectivity index (χ3v) is 4.22. The van der Waals surface area contributed by atoms with E-state index >= 15 is 0 Å². The summed E-state index contributed by atoms with van der Waals surface area (Å²) in [5.74, 6) is 0. The summed E-state index contributed by atoms with van der Waals surface area (Å²) in [4.78, 5) is 0. The van der Waals surface area contributed by atoms with E-state index in [4.69, 9.17) is 0 Å². The molecule has 0 spiro atoms. The van der Waals surface area contributed by atoms with Gasteiger partial charge in [-0.1, -0.05) is 73.3 Å². The lowest BCUT2D eigenvalue weighted by Crippen LogP contribution is -1.94. The summed E-state index contributed by atoms with van der Waals surface area (Å²) >= 11 is 0. The standard InChI is InChI=1S/C24H26/c1-7-11-21(16-20(6)17(2)3)23-15-10-13-19(5)24(23)22-14-9-8-12-18(22)4/h7-16H,2,6H2,1,3-5H3/b11-7-,21-16+. The smallest absolute Gasteiger partial charge is 0.00735 e. The molecule has 0 aliphatic heterocycles. The molecule has 0 amide bonds. The van der Waals surface area contributed by atoms with Crippen molar-refractivity contribution in [2.24, 2.45) is 0 Å². The Morgan fingerprint density at radius 1 is 0.917 bits per heavy atom. The van der Waals surface area contributed by atoms with Crippen molar-refractivity contribution in [2.75, 3.05) is 0 Å². The summed E-state index contributed by atoms with van der Waals surface area (Å²) in [6, 6.07) is 15.0. The van der Waals surface area contributed by atoms with Gasteiger partial charge in [-0.15, -0.1) is 0 Å². The van der Waals surface area contributed by atoms with Crippen LogP contribution < -0.4 is 0 Å². The summed E-state index contributed by atoms with van der Waals surface area (Å²) in [6.07, 6.45) is 6.34. The minimum absolute atomic E-state index is 0.959. The summed E-state index contributed by atoms with van der Waals surface area (Å²) < 4.78 is 0. The molecule has 0 heterocycles. The van der Waals surface area contributed by atoms with Crippen molar-refractivity contribution in [1.29, 1.82) is 0 Å². The second-order valence-corrected chi connectivity index (χ2v) is 6.22. The van der Waals surface area contributed by atoms with Crippen LogP contribution in [0.5, 0.6) is 0 Å². The van der Waals surface area contributed by atoms with Crippen molar-refractivity contribution >= 4 is 5.57 Å². The van der Waals surface area contributed by atoms with Gasteiger partial charge >= 0.3 is 0 Å². The van der Waals surface area contributed by atoms with E-state index in [2.05, 4.69) is 87.7 Å². The minimum Gasteiger partial charge on any atom is -0.0955 e. The SMILES string of the molecule is C=C(C)C(=C)/C=C(\C=C/C)c1cccc(C)c1-c1ccccc1C. The van der Waals surface area contributed by atoms with Gasteiger partial charge in [0.1, 0.15) is 0 Å². The van der Waals surface area contributed by atoms with Gasteiger partial charge in [0, 0.05) is 0 Å². The van der Waals surface area contributed by atoms with Crippen LogP contribution in [0, 0.1) is 13.8 Å². The van der Waals surface area contributed by atoms with Gasteiger partial charge in [0.05, 0.1) is 0 Å². The van der Waals surface area contributed by atoms with Crippen LogP contribution in [-0.2, 0) is 0 Å². The molecule has 0 bridgehead atoms. The maximum atomic E-state index is 4.13. The van der Waals surface area contributed by atoms with E-state index in [1.54, 1.807) is 0 Å². The van der Waals surface area contributed by atoms with Gasteiger partial charge in [-0.2, -0.15) is 0 Å². The first kappa shape index (κ1) is 17.7. The Kier molecular flexibility index (Phi) is 5.76. The summed E-state index contributed by atoms with van der Waals surface area (Å²) in [5.41, 5.74) is 9.46. The normalized spacial score (nSPS) is 11.8. The fourth-order valence-electron chi connectivity index (χ4n) is 2.83. The second kappa shape index (κ2) is 7.79. The van der Waals surface area contributed by atoms with Crippen LogP contribution in [0.25, 0.3) is 16.7 Å². The number of benzene rings is 2. The first-order valence-electron chi connectivity index (χ1n) is 8.31. The summed E-state index contributed by atoms with van der Waals surface area (Å²) in [7, 11) is 0. The van der Waals surface area contributed by atoms with Crippen LogP contribution in [0.4, 0.5) is 0 Å². The van der Waals surface area contributed by atoms with Crippen LogP contribution in [0.2, 0.25) is 0 Å². The van der Waals surface area contributed by atoms with Crippen LogP contribution >= 0.6 is 0 Å². The first-order valence-corrected chi connectivity index (χ1v) is 8.31. The molecule has 24 heavy (non-hydrogen) atoms. The molecule has 0 aliphatic carbocycles. The van der Waals surface area contributed by atoms with Crippen molar-refractivity contribution in [1.82, 2.24) is 0 Å². The Morgan fingerprint density at radius 2 is 1.58 bits per heavy atom. The highest BCUT2D eigenvalue weighted by Gasteiger charge is 2.12. The number of hydrogen-bond donors (Lipinski definition) is 0. The number of allylic oxidation sites excluding steroid dienone is 6. The minimum atomic E-state index is 0.959. The summed E-state index contributed by atoms with van der Waals surface area (Å²) in [6.45, 7) is 16.5. The van der Waals surface area contributed by atoms with E-state index in [-0.39, 0.29) is 0 Å². The number of hydrogen-bond acceptors (Lipinski definition) is 0. The maximum Gasteiger partial charge on any atom is -0.00735 e. The molecular formula is C24H26. The van der Waals surface area contributed by atoms with Crippen LogP contribution in [0.15, 0.2) is 85.0 Å². The highest BCUT2D eigenvalue weighted by molar-refractivity contribution is 5.89. The second-order valence-electron chi connectivity index (χ2n) is 6.22. The quantitative estimate of drug-likeness (QED) is 0.518. The lowest BCUT2D eigenvalue weighted by Gasteiger charge is -2.16. The molecule has 0 atom stereocenters. The molecule has 2 rings (SSSR count). The van der Waals surface area contributed by atoms with E-state index in [0.717, 1.165) is 16.7 Å². The van der Waals surface area contributed by atoms with E-state index in [1.807, 2.05) is 13.8 Å². The fourth-order valence-corrected chi connectivity index (χ4v) is 2.83. The molecule has 0 saturated heterocycles. The molecule has 0 aliphatic rings. The third-order valence-electron chi connectivity index (χ3n) is 4.22. The van der Waals surface area contributed by atoms with E-state index in [0.29, 0.717) is 0 Å². The number of aryl methyl sites for hydroxylation is 2. The topological polar surface area (TPSA) is 0 Å². The lowest BCUT2D eigenvalue weighted by molar-refractivity contribution is 1.39. The van der Waals surface area contributed by atoms with Crippen LogP contribution in [0.3, 0.4) is 0 Å². The Bertz CT molecular complexity index is 829.